The SMILES string of the molecule is COc1ccc(C(=O)CSc2nnc(CC3CC(=O)NC(=O)N3)n2-c2ccc(Cl)cc2)cc1. The van der Waals surface area contributed by atoms with Crippen LogP contribution < -0.4 is 15.4 Å². The molecular formula is C22H20ClN5O4S. The van der Waals surface area contributed by atoms with Crippen LogP contribution in [-0.2, 0) is 11.2 Å². The van der Waals surface area contributed by atoms with Crippen LogP contribution >= 0.6 is 23.4 Å². The Balaban J connectivity index is 1.56. The minimum atomic E-state index is -0.534. The monoisotopic (exact) mass is 485 g/mol. The molecule has 1 aliphatic heterocycles. The number of ether oxygens (including phenoxy) is 1. The first kappa shape index (κ1) is 22.8. The largest absolute Gasteiger partial charge is 0.497 e. The van der Waals surface area contributed by atoms with E-state index in [1.807, 2.05) is 12.1 Å². The van der Waals surface area contributed by atoms with Crippen molar-refractivity contribution < 1.29 is 19.1 Å². The lowest BCUT2D eigenvalue weighted by molar-refractivity contribution is -0.121. The van der Waals surface area contributed by atoms with Gasteiger partial charge in [-0.25, -0.2) is 4.79 Å². The van der Waals surface area contributed by atoms with Crippen LogP contribution in [0, 0.1) is 0 Å². The second-order valence-electron chi connectivity index (χ2n) is 7.28. The number of hydrogen-bond donors (Lipinski definition) is 2. The predicted molar refractivity (Wildman–Crippen MR) is 123 cm³/mol. The fraction of sp³-hybridized carbons (Fsp3) is 0.227. The number of urea groups is 1. The Morgan fingerprint density at radius 2 is 1.88 bits per heavy atom. The summed E-state index contributed by atoms with van der Waals surface area (Å²) in [5, 5.41) is 14.6. The summed E-state index contributed by atoms with van der Waals surface area (Å²) in [5.41, 5.74) is 1.32. The van der Waals surface area contributed by atoms with Crippen LogP contribution in [0.15, 0.2) is 53.7 Å². The summed E-state index contributed by atoms with van der Waals surface area (Å²) in [5.74, 6) is 0.972. The number of rotatable bonds is 8. The second-order valence-corrected chi connectivity index (χ2v) is 8.66. The molecule has 3 amide bonds. The van der Waals surface area contributed by atoms with Crippen molar-refractivity contribution in [2.75, 3.05) is 12.9 Å². The van der Waals surface area contributed by atoms with Gasteiger partial charge in [0.15, 0.2) is 10.9 Å². The summed E-state index contributed by atoms with van der Waals surface area (Å²) in [7, 11) is 1.57. The highest BCUT2D eigenvalue weighted by atomic mass is 35.5. The Morgan fingerprint density at radius 3 is 2.55 bits per heavy atom. The number of benzene rings is 2. The number of carbonyl (C=O) groups excluding carboxylic acids is 3. The van der Waals surface area contributed by atoms with E-state index in [4.69, 9.17) is 16.3 Å². The van der Waals surface area contributed by atoms with Gasteiger partial charge in [-0.15, -0.1) is 10.2 Å². The van der Waals surface area contributed by atoms with Crippen LogP contribution in [0.2, 0.25) is 5.02 Å². The molecule has 1 aromatic heterocycles. The number of nitrogens with zero attached hydrogens (tertiary/aromatic N) is 3. The molecule has 0 spiro atoms. The van der Waals surface area contributed by atoms with Crippen LogP contribution in [-0.4, -0.2) is 51.4 Å². The number of Topliss-reactive ketones (excluding diaryl/α,β-unsaturated/α-hetero) is 1. The average molecular weight is 486 g/mol. The van der Waals surface area contributed by atoms with Crippen molar-refractivity contribution in [2.45, 2.75) is 24.0 Å². The molecule has 9 nitrogen and oxygen atoms in total. The van der Waals surface area contributed by atoms with Gasteiger partial charge in [-0.1, -0.05) is 23.4 Å². The molecule has 1 unspecified atom stereocenters. The lowest BCUT2D eigenvalue weighted by atomic mass is 10.1. The predicted octanol–water partition coefficient (Wildman–Crippen LogP) is 3.04. The standard InChI is InChI=1S/C22H20ClN5O4S/c1-32-17-8-2-13(3-9-17)18(29)12-33-22-27-26-19(10-15-11-20(30)25-21(31)24-15)28(22)16-6-4-14(23)5-7-16/h2-9,15H,10-12H2,1H3,(H2,24,25,30,31). The maximum absolute atomic E-state index is 12.7. The minimum absolute atomic E-state index is 0.0638. The summed E-state index contributed by atoms with van der Waals surface area (Å²) >= 11 is 7.29. The van der Waals surface area contributed by atoms with E-state index in [9.17, 15) is 14.4 Å². The number of ketones is 1. The number of nitrogens with one attached hydrogen (secondary N) is 2. The normalized spacial score (nSPS) is 15.6. The van der Waals surface area contributed by atoms with Gasteiger partial charge in [-0.05, 0) is 48.5 Å². The van der Waals surface area contributed by atoms with Gasteiger partial charge in [0.1, 0.15) is 11.6 Å². The molecule has 1 fully saturated rings. The van der Waals surface area contributed by atoms with Gasteiger partial charge in [0.2, 0.25) is 5.91 Å². The Kier molecular flexibility index (Phi) is 6.95. The van der Waals surface area contributed by atoms with E-state index in [0.717, 1.165) is 5.69 Å². The fourth-order valence-corrected chi connectivity index (χ4v) is 4.37. The van der Waals surface area contributed by atoms with Gasteiger partial charge in [-0.2, -0.15) is 0 Å². The third-order valence-electron chi connectivity index (χ3n) is 4.98. The summed E-state index contributed by atoms with van der Waals surface area (Å²) in [6.45, 7) is 0. The van der Waals surface area contributed by atoms with Crippen molar-refractivity contribution in [3.8, 4) is 11.4 Å². The molecule has 0 aliphatic carbocycles. The number of carbonyl (C=O) groups is 3. The van der Waals surface area contributed by atoms with Crippen molar-refractivity contribution in [3.05, 3.63) is 64.9 Å². The maximum atomic E-state index is 12.7. The van der Waals surface area contributed by atoms with Gasteiger partial charge in [0.25, 0.3) is 0 Å². The van der Waals surface area contributed by atoms with Crippen molar-refractivity contribution in [1.82, 2.24) is 25.4 Å². The van der Waals surface area contributed by atoms with Crippen LogP contribution in [0.3, 0.4) is 0 Å². The summed E-state index contributed by atoms with van der Waals surface area (Å²) in [6, 6.07) is 13.1. The number of thioether (sulfide) groups is 1. The minimum Gasteiger partial charge on any atom is -0.497 e. The number of hydrogen-bond acceptors (Lipinski definition) is 7. The Hall–Kier alpha value is -3.37. The summed E-state index contributed by atoms with van der Waals surface area (Å²) in [6.07, 6.45) is 0.430. The number of imide groups is 1. The van der Waals surface area contributed by atoms with E-state index in [-0.39, 0.29) is 23.9 Å². The van der Waals surface area contributed by atoms with E-state index in [1.54, 1.807) is 48.1 Å². The van der Waals surface area contributed by atoms with Gasteiger partial charge < -0.3 is 10.1 Å². The van der Waals surface area contributed by atoms with E-state index in [1.165, 1.54) is 11.8 Å². The fourth-order valence-electron chi connectivity index (χ4n) is 3.38. The smallest absolute Gasteiger partial charge is 0.321 e. The number of amides is 3. The van der Waals surface area contributed by atoms with E-state index < -0.39 is 12.1 Å². The first-order valence-corrected chi connectivity index (χ1v) is 11.4. The third-order valence-corrected chi connectivity index (χ3v) is 6.16. The highest BCUT2D eigenvalue weighted by Crippen LogP contribution is 2.25. The first-order valence-electron chi connectivity index (χ1n) is 10.0. The molecule has 0 radical (unpaired) electrons. The summed E-state index contributed by atoms with van der Waals surface area (Å²) < 4.78 is 6.94. The molecular weight excluding hydrogens is 466 g/mol. The Morgan fingerprint density at radius 1 is 1.15 bits per heavy atom. The van der Waals surface area contributed by atoms with Gasteiger partial charge in [-0.3, -0.25) is 19.5 Å². The molecule has 2 N–H and O–H groups in total. The van der Waals surface area contributed by atoms with Gasteiger partial charge in [0.05, 0.1) is 12.9 Å². The number of halogens is 1. The maximum Gasteiger partial charge on any atom is 0.321 e. The van der Waals surface area contributed by atoms with Gasteiger partial charge in [0, 0.05) is 35.2 Å². The third kappa shape index (κ3) is 5.52. The highest BCUT2D eigenvalue weighted by molar-refractivity contribution is 7.99. The van der Waals surface area contributed by atoms with E-state index in [2.05, 4.69) is 20.8 Å². The molecule has 4 rings (SSSR count). The Labute approximate surface area is 198 Å². The van der Waals surface area contributed by atoms with Crippen molar-refractivity contribution in [3.63, 3.8) is 0 Å². The van der Waals surface area contributed by atoms with E-state index in [0.29, 0.717) is 33.7 Å². The van der Waals surface area contributed by atoms with E-state index >= 15 is 0 Å². The topological polar surface area (TPSA) is 115 Å². The highest BCUT2D eigenvalue weighted by Gasteiger charge is 2.27. The molecule has 170 valence electrons. The van der Waals surface area contributed by atoms with Crippen molar-refractivity contribution >= 4 is 41.1 Å². The zero-order chi connectivity index (χ0) is 23.4. The quantitative estimate of drug-likeness (QED) is 0.372. The molecule has 3 aromatic rings. The van der Waals surface area contributed by atoms with Crippen molar-refractivity contribution in [2.24, 2.45) is 0 Å². The molecule has 0 bridgehead atoms. The first-order chi connectivity index (χ1) is 15.9. The Bertz CT molecular complexity index is 1160. The lowest BCUT2D eigenvalue weighted by Crippen LogP contribution is -2.53. The zero-order valence-electron chi connectivity index (χ0n) is 17.6. The summed E-state index contributed by atoms with van der Waals surface area (Å²) in [4.78, 5) is 36.1. The molecule has 2 aromatic carbocycles. The van der Waals surface area contributed by atoms with Crippen LogP contribution in [0.5, 0.6) is 5.75 Å². The molecule has 1 saturated heterocycles. The average Bonchev–Trinajstić information content (AvgIpc) is 3.19. The van der Waals surface area contributed by atoms with Crippen LogP contribution in [0.25, 0.3) is 5.69 Å². The molecule has 33 heavy (non-hydrogen) atoms. The molecule has 11 heteroatoms. The molecule has 0 saturated carbocycles. The van der Waals surface area contributed by atoms with Crippen molar-refractivity contribution in [1.29, 1.82) is 0 Å². The number of aromatic nitrogens is 3. The van der Waals surface area contributed by atoms with Crippen LogP contribution in [0.4, 0.5) is 4.79 Å². The zero-order valence-corrected chi connectivity index (χ0v) is 19.2. The molecule has 1 aliphatic rings. The van der Waals surface area contributed by atoms with Crippen LogP contribution in [0.1, 0.15) is 22.6 Å². The molecule has 2 heterocycles. The molecule has 1 atom stereocenters. The second kappa shape index (κ2) is 10.1. The lowest BCUT2D eigenvalue weighted by Gasteiger charge is -2.23. The van der Waals surface area contributed by atoms with Gasteiger partial charge >= 0.3 is 6.03 Å². The number of methoxy groups -OCH3 is 1.